The second kappa shape index (κ2) is 12.4. The lowest BCUT2D eigenvalue weighted by Crippen LogP contribution is -2.50. The minimum Gasteiger partial charge on any atom is -0.497 e. The summed E-state index contributed by atoms with van der Waals surface area (Å²) in [6, 6.07) is 15.5. The van der Waals surface area contributed by atoms with Gasteiger partial charge in [-0.05, 0) is 50.5 Å². The van der Waals surface area contributed by atoms with Gasteiger partial charge in [0.05, 0.1) is 12.9 Å². The van der Waals surface area contributed by atoms with Gasteiger partial charge in [0.1, 0.15) is 11.8 Å². The molecule has 0 saturated carbocycles. The van der Waals surface area contributed by atoms with Crippen LogP contribution in [0.25, 0.3) is 0 Å². The lowest BCUT2D eigenvalue weighted by Gasteiger charge is -2.29. The first-order valence-electron chi connectivity index (χ1n) is 10.7. The molecule has 0 heterocycles. The fourth-order valence-corrected chi connectivity index (χ4v) is 3.87. The zero-order chi connectivity index (χ0) is 22.8. The molecular weight excluding hydrogens is 408 g/mol. The first-order valence-corrected chi connectivity index (χ1v) is 11.9. The Morgan fingerprint density at radius 3 is 2.23 bits per heavy atom. The maximum absolute atomic E-state index is 13.1. The number of carbonyl (C=O) groups is 2. The number of carbonyl (C=O) groups excluding carboxylic acids is 2. The van der Waals surface area contributed by atoms with Crippen molar-refractivity contribution in [2.24, 2.45) is 0 Å². The highest BCUT2D eigenvalue weighted by molar-refractivity contribution is 7.99. The molecular formula is C25H34N2O3S. The Morgan fingerprint density at radius 1 is 1.03 bits per heavy atom. The molecule has 0 aromatic heterocycles. The van der Waals surface area contributed by atoms with Crippen LogP contribution in [0.15, 0.2) is 48.5 Å². The third-order valence-corrected chi connectivity index (χ3v) is 6.28. The number of methoxy groups -OCH3 is 1. The van der Waals surface area contributed by atoms with E-state index in [1.54, 1.807) is 30.7 Å². The quantitative estimate of drug-likeness (QED) is 0.554. The van der Waals surface area contributed by atoms with E-state index in [2.05, 4.69) is 5.32 Å². The summed E-state index contributed by atoms with van der Waals surface area (Å²) in [5.41, 5.74) is 3.31. The van der Waals surface area contributed by atoms with Crippen LogP contribution in [0.3, 0.4) is 0 Å². The van der Waals surface area contributed by atoms with Crippen molar-refractivity contribution >= 4 is 23.6 Å². The van der Waals surface area contributed by atoms with Gasteiger partial charge < -0.3 is 15.0 Å². The Hall–Kier alpha value is -2.47. The predicted octanol–water partition coefficient (Wildman–Crippen LogP) is 4.57. The average Bonchev–Trinajstić information content (AvgIpc) is 2.78. The summed E-state index contributed by atoms with van der Waals surface area (Å²) in [7, 11) is 1.64. The van der Waals surface area contributed by atoms with Gasteiger partial charge in [-0.3, -0.25) is 9.59 Å². The number of benzene rings is 2. The summed E-state index contributed by atoms with van der Waals surface area (Å²) in [4.78, 5) is 27.5. The molecule has 0 spiro atoms. The van der Waals surface area contributed by atoms with E-state index >= 15 is 0 Å². The van der Waals surface area contributed by atoms with Crippen LogP contribution in [0.5, 0.6) is 5.75 Å². The molecule has 0 fully saturated rings. The molecule has 31 heavy (non-hydrogen) atoms. The number of rotatable bonds is 11. The summed E-state index contributed by atoms with van der Waals surface area (Å²) >= 11 is 1.55. The lowest BCUT2D eigenvalue weighted by atomic mass is 10.1. The normalized spacial score (nSPS) is 12.7. The number of aryl methyl sites for hydroxylation is 1. The van der Waals surface area contributed by atoms with Crippen molar-refractivity contribution in [3.8, 4) is 5.75 Å². The Kier molecular flexibility index (Phi) is 9.92. The van der Waals surface area contributed by atoms with Crippen LogP contribution in [0.4, 0.5) is 0 Å². The highest BCUT2D eigenvalue weighted by atomic mass is 32.2. The molecule has 2 rings (SSSR count). The van der Waals surface area contributed by atoms with Crippen molar-refractivity contribution in [2.45, 2.75) is 58.5 Å². The van der Waals surface area contributed by atoms with Gasteiger partial charge in [0, 0.05) is 18.3 Å². The van der Waals surface area contributed by atoms with Gasteiger partial charge in [-0.15, -0.1) is 11.8 Å². The van der Waals surface area contributed by atoms with E-state index in [-0.39, 0.29) is 17.9 Å². The summed E-state index contributed by atoms with van der Waals surface area (Å²) in [5, 5.41) is 3.00. The maximum Gasteiger partial charge on any atom is 0.242 e. The van der Waals surface area contributed by atoms with E-state index < -0.39 is 6.04 Å². The monoisotopic (exact) mass is 442 g/mol. The van der Waals surface area contributed by atoms with Crippen molar-refractivity contribution in [3.63, 3.8) is 0 Å². The predicted molar refractivity (Wildman–Crippen MR) is 128 cm³/mol. The van der Waals surface area contributed by atoms with E-state index in [4.69, 9.17) is 4.74 Å². The lowest BCUT2D eigenvalue weighted by molar-refractivity contribution is -0.138. The third kappa shape index (κ3) is 7.94. The fraction of sp³-hybridized carbons (Fsp3) is 0.440. The average molecular weight is 443 g/mol. The van der Waals surface area contributed by atoms with E-state index in [0.29, 0.717) is 12.3 Å². The largest absolute Gasteiger partial charge is 0.497 e. The molecule has 0 bridgehead atoms. The second-order valence-electron chi connectivity index (χ2n) is 7.84. The van der Waals surface area contributed by atoms with Gasteiger partial charge in [-0.25, -0.2) is 0 Å². The molecule has 2 atom stereocenters. The molecule has 6 heteroatoms. The van der Waals surface area contributed by atoms with Crippen LogP contribution in [0, 0.1) is 6.92 Å². The number of hydrogen-bond donors (Lipinski definition) is 1. The van der Waals surface area contributed by atoms with Gasteiger partial charge >= 0.3 is 0 Å². The summed E-state index contributed by atoms with van der Waals surface area (Å²) in [6.07, 6.45) is 0.849. The number of ether oxygens (including phenoxy) is 1. The zero-order valence-corrected chi connectivity index (χ0v) is 20.0. The molecule has 2 amide bonds. The number of nitrogens with zero attached hydrogens (tertiary/aromatic N) is 1. The molecule has 5 nitrogen and oxygen atoms in total. The van der Waals surface area contributed by atoms with E-state index in [0.717, 1.165) is 29.1 Å². The summed E-state index contributed by atoms with van der Waals surface area (Å²) < 4.78 is 5.19. The molecule has 0 radical (unpaired) electrons. The van der Waals surface area contributed by atoms with Crippen molar-refractivity contribution < 1.29 is 14.3 Å². The van der Waals surface area contributed by atoms with E-state index in [9.17, 15) is 9.59 Å². The van der Waals surface area contributed by atoms with Gasteiger partial charge in [-0.2, -0.15) is 0 Å². The summed E-state index contributed by atoms with van der Waals surface area (Å²) in [5.74, 6) is 1.71. The Labute approximate surface area is 190 Å². The van der Waals surface area contributed by atoms with Gasteiger partial charge in [0.25, 0.3) is 0 Å². The Balaban J connectivity index is 2.04. The van der Waals surface area contributed by atoms with Crippen molar-refractivity contribution in [3.05, 3.63) is 65.2 Å². The number of thioether (sulfide) groups is 1. The molecule has 168 valence electrons. The Morgan fingerprint density at radius 2 is 1.65 bits per heavy atom. The van der Waals surface area contributed by atoms with Crippen molar-refractivity contribution in [1.82, 2.24) is 10.2 Å². The number of amides is 2. The van der Waals surface area contributed by atoms with Gasteiger partial charge in [0.15, 0.2) is 0 Å². The van der Waals surface area contributed by atoms with Crippen LogP contribution in [-0.4, -0.2) is 41.7 Å². The molecule has 0 aliphatic carbocycles. The standard InChI is InChI=1S/C25H34N2O3S/c1-6-19(3)26-25(29)20(4)27(15-21-9-7-18(2)8-10-21)24(28)17-31-16-22-11-13-23(30-5)14-12-22/h7-14,19-20H,6,15-17H2,1-5H3,(H,26,29)/t19-,20-/m0/s1. The zero-order valence-electron chi connectivity index (χ0n) is 19.2. The highest BCUT2D eigenvalue weighted by Gasteiger charge is 2.26. The summed E-state index contributed by atoms with van der Waals surface area (Å²) in [6.45, 7) is 8.25. The van der Waals surface area contributed by atoms with Crippen LogP contribution < -0.4 is 10.1 Å². The minimum absolute atomic E-state index is 0.0362. The van der Waals surface area contributed by atoms with Crippen LogP contribution in [0.1, 0.15) is 43.9 Å². The SMILES string of the molecule is CC[C@H](C)NC(=O)[C@H](C)N(Cc1ccc(C)cc1)C(=O)CSCc1ccc(OC)cc1. The van der Waals surface area contributed by atoms with E-state index in [1.165, 1.54) is 5.56 Å². The molecule has 1 N–H and O–H groups in total. The van der Waals surface area contributed by atoms with Crippen molar-refractivity contribution in [1.29, 1.82) is 0 Å². The highest BCUT2D eigenvalue weighted by Crippen LogP contribution is 2.18. The molecule has 2 aromatic rings. The van der Waals surface area contributed by atoms with Crippen LogP contribution in [-0.2, 0) is 21.9 Å². The number of hydrogen-bond acceptors (Lipinski definition) is 4. The minimum atomic E-state index is -0.538. The molecule has 0 aliphatic heterocycles. The maximum atomic E-state index is 13.1. The fourth-order valence-electron chi connectivity index (χ4n) is 3.00. The molecule has 0 saturated heterocycles. The first kappa shape index (κ1) is 24.8. The smallest absolute Gasteiger partial charge is 0.242 e. The molecule has 2 aromatic carbocycles. The van der Waals surface area contributed by atoms with Crippen LogP contribution >= 0.6 is 11.8 Å². The van der Waals surface area contributed by atoms with E-state index in [1.807, 2.05) is 69.3 Å². The third-order valence-electron chi connectivity index (χ3n) is 5.30. The topological polar surface area (TPSA) is 58.6 Å². The van der Waals surface area contributed by atoms with Gasteiger partial charge in [-0.1, -0.05) is 48.9 Å². The van der Waals surface area contributed by atoms with Gasteiger partial charge in [0.2, 0.25) is 11.8 Å². The second-order valence-corrected chi connectivity index (χ2v) is 8.83. The number of nitrogens with one attached hydrogen (secondary N) is 1. The Bertz CT molecular complexity index is 837. The molecule has 0 unspecified atom stereocenters. The van der Waals surface area contributed by atoms with Crippen LogP contribution in [0.2, 0.25) is 0 Å². The van der Waals surface area contributed by atoms with Crippen molar-refractivity contribution in [2.75, 3.05) is 12.9 Å². The first-order chi connectivity index (χ1) is 14.8. The molecule has 0 aliphatic rings.